The van der Waals surface area contributed by atoms with Gasteiger partial charge in [0.1, 0.15) is 6.61 Å². The second-order valence-electron chi connectivity index (χ2n) is 6.27. The van der Waals surface area contributed by atoms with Crippen molar-refractivity contribution in [3.8, 4) is 0 Å². The van der Waals surface area contributed by atoms with Gasteiger partial charge in [0.15, 0.2) is 0 Å². The van der Waals surface area contributed by atoms with Gasteiger partial charge in [-0.15, -0.1) is 0 Å². The maximum Gasteiger partial charge on any atom is 0.246 e. The van der Waals surface area contributed by atoms with Gasteiger partial charge >= 0.3 is 0 Å². The van der Waals surface area contributed by atoms with Gasteiger partial charge in [-0.1, -0.05) is 20.8 Å². The first-order valence-electron chi connectivity index (χ1n) is 8.23. The minimum atomic E-state index is 0.0249. The van der Waals surface area contributed by atoms with Crippen LogP contribution in [0.1, 0.15) is 59.3 Å². The van der Waals surface area contributed by atoms with Gasteiger partial charge in [0, 0.05) is 12.6 Å². The van der Waals surface area contributed by atoms with Crippen LogP contribution in [0.3, 0.4) is 0 Å². The second kappa shape index (κ2) is 10.2. The molecule has 0 aromatic rings. The molecule has 1 amide bonds. The fourth-order valence-corrected chi connectivity index (χ4v) is 2.53. The predicted octanol–water partition coefficient (Wildman–Crippen LogP) is 2.48. The maximum atomic E-state index is 11.6. The van der Waals surface area contributed by atoms with Gasteiger partial charge in [0.2, 0.25) is 5.91 Å². The van der Waals surface area contributed by atoms with E-state index in [0.29, 0.717) is 12.0 Å². The lowest BCUT2D eigenvalue weighted by atomic mass is 9.93. The quantitative estimate of drug-likeness (QED) is 0.684. The topological polar surface area (TPSA) is 50.4 Å². The summed E-state index contributed by atoms with van der Waals surface area (Å²) in [6, 6.07) is 0.648. The standard InChI is InChI=1S/C16H32N2O2/c1-4-10-17-14-5-7-15(8-6-14)20-12-16(19)18-11-9-13(2)3/h13-15,17H,4-12H2,1-3H3,(H,18,19). The molecule has 1 aliphatic carbocycles. The molecule has 0 spiro atoms. The zero-order chi connectivity index (χ0) is 14.8. The van der Waals surface area contributed by atoms with Crippen LogP contribution in [0.25, 0.3) is 0 Å². The monoisotopic (exact) mass is 284 g/mol. The van der Waals surface area contributed by atoms with Gasteiger partial charge in [-0.05, 0) is 51.0 Å². The van der Waals surface area contributed by atoms with Crippen molar-refractivity contribution < 1.29 is 9.53 Å². The minimum absolute atomic E-state index is 0.0249. The highest BCUT2D eigenvalue weighted by Crippen LogP contribution is 2.21. The molecule has 0 heterocycles. The Morgan fingerprint density at radius 3 is 2.50 bits per heavy atom. The highest BCUT2D eigenvalue weighted by molar-refractivity contribution is 5.77. The molecule has 118 valence electrons. The van der Waals surface area contributed by atoms with E-state index in [4.69, 9.17) is 4.74 Å². The molecule has 1 fully saturated rings. The van der Waals surface area contributed by atoms with E-state index in [1.807, 2.05) is 0 Å². The Kier molecular flexibility index (Phi) is 8.86. The summed E-state index contributed by atoms with van der Waals surface area (Å²) in [6.45, 7) is 8.60. The fourth-order valence-electron chi connectivity index (χ4n) is 2.53. The lowest BCUT2D eigenvalue weighted by Gasteiger charge is -2.29. The third kappa shape index (κ3) is 7.85. The van der Waals surface area contributed by atoms with Gasteiger partial charge in [0.05, 0.1) is 6.10 Å². The summed E-state index contributed by atoms with van der Waals surface area (Å²) < 4.78 is 5.72. The van der Waals surface area contributed by atoms with E-state index in [9.17, 15) is 4.79 Å². The fraction of sp³-hybridized carbons (Fsp3) is 0.938. The molecule has 4 nitrogen and oxygen atoms in total. The van der Waals surface area contributed by atoms with Crippen molar-refractivity contribution in [2.24, 2.45) is 5.92 Å². The first-order valence-corrected chi connectivity index (χ1v) is 8.23. The molecule has 0 unspecified atom stereocenters. The first kappa shape index (κ1) is 17.4. The number of ether oxygens (including phenoxy) is 1. The number of hydrogen-bond donors (Lipinski definition) is 2. The summed E-state index contributed by atoms with van der Waals surface area (Å²) >= 11 is 0. The molecular weight excluding hydrogens is 252 g/mol. The van der Waals surface area contributed by atoms with Crippen molar-refractivity contribution in [2.45, 2.75) is 71.4 Å². The Hall–Kier alpha value is -0.610. The maximum absolute atomic E-state index is 11.6. The molecule has 0 radical (unpaired) electrons. The Bertz CT molecular complexity index is 261. The molecule has 0 aromatic carbocycles. The van der Waals surface area contributed by atoms with E-state index in [0.717, 1.165) is 32.4 Å². The number of carbonyl (C=O) groups is 1. The third-order valence-electron chi connectivity index (χ3n) is 3.85. The summed E-state index contributed by atoms with van der Waals surface area (Å²) in [6.07, 6.45) is 6.96. The molecule has 1 rings (SSSR count). The molecule has 0 aliphatic heterocycles. The molecule has 2 N–H and O–H groups in total. The van der Waals surface area contributed by atoms with E-state index in [1.54, 1.807) is 0 Å². The molecule has 0 aromatic heterocycles. The van der Waals surface area contributed by atoms with Gasteiger partial charge in [-0.2, -0.15) is 0 Å². The highest BCUT2D eigenvalue weighted by atomic mass is 16.5. The molecule has 0 atom stereocenters. The largest absolute Gasteiger partial charge is 0.368 e. The van der Waals surface area contributed by atoms with Crippen LogP contribution in [0.4, 0.5) is 0 Å². The van der Waals surface area contributed by atoms with E-state index in [1.165, 1.54) is 19.3 Å². The number of rotatable bonds is 9. The summed E-state index contributed by atoms with van der Waals surface area (Å²) in [5, 5.41) is 6.47. The van der Waals surface area contributed by atoms with Crippen molar-refractivity contribution in [1.82, 2.24) is 10.6 Å². The number of amides is 1. The van der Waals surface area contributed by atoms with Gasteiger partial charge in [0.25, 0.3) is 0 Å². The van der Waals surface area contributed by atoms with Crippen LogP contribution in [0.2, 0.25) is 0 Å². The highest BCUT2D eigenvalue weighted by Gasteiger charge is 2.21. The van der Waals surface area contributed by atoms with Crippen LogP contribution in [-0.2, 0) is 9.53 Å². The lowest BCUT2D eigenvalue weighted by Crippen LogP contribution is -2.37. The van der Waals surface area contributed by atoms with Gasteiger partial charge in [-0.3, -0.25) is 4.79 Å². The number of hydrogen-bond acceptors (Lipinski definition) is 3. The van der Waals surface area contributed by atoms with Gasteiger partial charge < -0.3 is 15.4 Å². The molecule has 4 heteroatoms. The van der Waals surface area contributed by atoms with Crippen LogP contribution >= 0.6 is 0 Å². The Labute approximate surface area is 124 Å². The van der Waals surface area contributed by atoms with Crippen LogP contribution in [0.5, 0.6) is 0 Å². The van der Waals surface area contributed by atoms with E-state index >= 15 is 0 Å². The molecule has 1 aliphatic rings. The van der Waals surface area contributed by atoms with Crippen molar-refractivity contribution in [1.29, 1.82) is 0 Å². The number of carbonyl (C=O) groups excluding carboxylic acids is 1. The predicted molar refractivity (Wildman–Crippen MR) is 82.8 cm³/mol. The first-order chi connectivity index (χ1) is 9.61. The Morgan fingerprint density at radius 2 is 1.90 bits per heavy atom. The summed E-state index contributed by atoms with van der Waals surface area (Å²) in [5.41, 5.74) is 0. The molecule has 20 heavy (non-hydrogen) atoms. The van der Waals surface area contributed by atoms with E-state index < -0.39 is 0 Å². The van der Waals surface area contributed by atoms with Crippen molar-refractivity contribution in [3.05, 3.63) is 0 Å². The van der Waals surface area contributed by atoms with Crippen molar-refractivity contribution in [3.63, 3.8) is 0 Å². The molecule has 1 saturated carbocycles. The second-order valence-corrected chi connectivity index (χ2v) is 6.27. The van der Waals surface area contributed by atoms with E-state index in [-0.39, 0.29) is 18.6 Å². The molecule has 0 saturated heterocycles. The number of nitrogens with one attached hydrogen (secondary N) is 2. The average Bonchev–Trinajstić information content (AvgIpc) is 2.43. The van der Waals surface area contributed by atoms with E-state index in [2.05, 4.69) is 31.4 Å². The Morgan fingerprint density at radius 1 is 1.20 bits per heavy atom. The van der Waals surface area contributed by atoms with Crippen LogP contribution < -0.4 is 10.6 Å². The van der Waals surface area contributed by atoms with Crippen LogP contribution in [0.15, 0.2) is 0 Å². The smallest absolute Gasteiger partial charge is 0.246 e. The van der Waals surface area contributed by atoms with Crippen molar-refractivity contribution in [2.75, 3.05) is 19.7 Å². The van der Waals surface area contributed by atoms with Crippen molar-refractivity contribution >= 4 is 5.91 Å². The molecular formula is C16H32N2O2. The SMILES string of the molecule is CCCNC1CCC(OCC(=O)NCCC(C)C)CC1. The normalized spacial score (nSPS) is 23.0. The third-order valence-corrected chi connectivity index (χ3v) is 3.85. The average molecular weight is 284 g/mol. The summed E-state index contributed by atoms with van der Waals surface area (Å²) in [5.74, 6) is 0.652. The van der Waals surface area contributed by atoms with Gasteiger partial charge in [-0.25, -0.2) is 0 Å². The lowest BCUT2D eigenvalue weighted by molar-refractivity contribution is -0.128. The van der Waals surface area contributed by atoms with Crippen LogP contribution in [0, 0.1) is 5.92 Å². The molecule has 0 bridgehead atoms. The summed E-state index contributed by atoms with van der Waals surface area (Å²) in [4.78, 5) is 11.6. The Balaban J connectivity index is 2.04. The summed E-state index contributed by atoms with van der Waals surface area (Å²) in [7, 11) is 0. The zero-order valence-electron chi connectivity index (χ0n) is 13.4. The zero-order valence-corrected chi connectivity index (χ0v) is 13.4. The van der Waals surface area contributed by atoms with Crippen LogP contribution in [-0.4, -0.2) is 37.7 Å². The minimum Gasteiger partial charge on any atom is -0.368 e.